The van der Waals surface area contributed by atoms with E-state index in [0.29, 0.717) is 0 Å². The van der Waals surface area contributed by atoms with E-state index in [4.69, 9.17) is 17.3 Å². The Morgan fingerprint density at radius 2 is 2.23 bits per heavy atom. The average Bonchev–Trinajstić information content (AvgIpc) is 2.02. The Hall–Kier alpha value is -1.29. The molecule has 70 valence electrons. The molecule has 0 heterocycles. The number of ether oxygens (including phenoxy) is 1. The molecule has 0 aromatic heterocycles. The standard InChI is InChI=1S/C8H7ClFNO2/c1-13-8(12)7-5(9)2-4(11)3-6(7)10/h2-3H,11H2,1H3. The molecule has 1 aromatic rings. The van der Waals surface area contributed by atoms with Crippen LogP contribution in [-0.4, -0.2) is 13.1 Å². The van der Waals surface area contributed by atoms with E-state index in [9.17, 15) is 9.18 Å². The second kappa shape index (κ2) is 3.62. The van der Waals surface area contributed by atoms with Gasteiger partial charge in [0.15, 0.2) is 0 Å². The van der Waals surface area contributed by atoms with Gasteiger partial charge in [0.1, 0.15) is 11.4 Å². The topological polar surface area (TPSA) is 52.3 Å². The van der Waals surface area contributed by atoms with E-state index in [-0.39, 0.29) is 16.3 Å². The van der Waals surface area contributed by atoms with Gasteiger partial charge in [0.25, 0.3) is 0 Å². The Morgan fingerprint density at radius 3 is 2.69 bits per heavy atom. The van der Waals surface area contributed by atoms with Crippen molar-refractivity contribution in [2.45, 2.75) is 0 Å². The molecule has 0 saturated heterocycles. The minimum Gasteiger partial charge on any atom is -0.465 e. The number of methoxy groups -OCH3 is 1. The monoisotopic (exact) mass is 203 g/mol. The van der Waals surface area contributed by atoms with Gasteiger partial charge in [0.2, 0.25) is 0 Å². The highest BCUT2D eigenvalue weighted by Gasteiger charge is 2.16. The largest absolute Gasteiger partial charge is 0.465 e. The summed E-state index contributed by atoms with van der Waals surface area (Å²) in [6.07, 6.45) is 0. The van der Waals surface area contributed by atoms with Gasteiger partial charge in [-0.15, -0.1) is 0 Å². The van der Waals surface area contributed by atoms with Gasteiger partial charge in [0, 0.05) is 5.69 Å². The van der Waals surface area contributed by atoms with E-state index < -0.39 is 11.8 Å². The third kappa shape index (κ3) is 1.89. The molecule has 0 unspecified atom stereocenters. The third-order valence-corrected chi connectivity index (χ3v) is 1.75. The zero-order valence-electron chi connectivity index (χ0n) is 6.80. The molecule has 0 radical (unpaired) electrons. The lowest BCUT2D eigenvalue weighted by molar-refractivity contribution is 0.0596. The molecule has 0 amide bonds. The van der Waals surface area contributed by atoms with E-state index in [1.165, 1.54) is 6.07 Å². The highest BCUT2D eigenvalue weighted by molar-refractivity contribution is 6.33. The lowest BCUT2D eigenvalue weighted by atomic mass is 10.2. The summed E-state index contributed by atoms with van der Waals surface area (Å²) in [7, 11) is 1.15. The van der Waals surface area contributed by atoms with Crippen molar-refractivity contribution < 1.29 is 13.9 Å². The highest BCUT2D eigenvalue weighted by atomic mass is 35.5. The summed E-state index contributed by atoms with van der Waals surface area (Å²) in [4.78, 5) is 11.0. The molecule has 0 bridgehead atoms. The maximum absolute atomic E-state index is 13.1. The van der Waals surface area contributed by atoms with Crippen LogP contribution < -0.4 is 5.73 Å². The number of anilines is 1. The first-order valence-corrected chi connectivity index (χ1v) is 3.77. The smallest absolute Gasteiger partial charge is 0.342 e. The highest BCUT2D eigenvalue weighted by Crippen LogP contribution is 2.23. The molecule has 5 heteroatoms. The van der Waals surface area contributed by atoms with Crippen LogP contribution >= 0.6 is 11.6 Å². The number of carbonyl (C=O) groups excluding carboxylic acids is 1. The van der Waals surface area contributed by atoms with Crippen LogP contribution in [0.1, 0.15) is 10.4 Å². The molecule has 0 saturated carbocycles. The number of hydrogen-bond donors (Lipinski definition) is 1. The number of halogens is 2. The van der Waals surface area contributed by atoms with Gasteiger partial charge in [-0.2, -0.15) is 0 Å². The second-order valence-corrected chi connectivity index (χ2v) is 2.76. The Labute approximate surface area is 79.2 Å². The number of benzene rings is 1. The minimum absolute atomic E-state index is 0.0515. The summed E-state index contributed by atoms with van der Waals surface area (Å²) >= 11 is 5.59. The molecular weight excluding hydrogens is 197 g/mol. The van der Waals surface area contributed by atoms with Crippen molar-refractivity contribution in [3.63, 3.8) is 0 Å². The van der Waals surface area contributed by atoms with Gasteiger partial charge in [-0.3, -0.25) is 0 Å². The maximum Gasteiger partial charge on any atom is 0.342 e. The van der Waals surface area contributed by atoms with Crippen molar-refractivity contribution in [3.05, 3.63) is 28.5 Å². The first-order chi connectivity index (χ1) is 6.06. The summed E-state index contributed by atoms with van der Waals surface area (Å²) in [5.74, 6) is -1.60. The van der Waals surface area contributed by atoms with Gasteiger partial charge < -0.3 is 10.5 Å². The fourth-order valence-corrected chi connectivity index (χ4v) is 1.18. The molecule has 1 rings (SSSR count). The van der Waals surface area contributed by atoms with E-state index in [2.05, 4.69) is 4.74 Å². The van der Waals surface area contributed by atoms with Gasteiger partial charge in [0.05, 0.1) is 12.1 Å². The van der Waals surface area contributed by atoms with Crippen LogP contribution in [0.5, 0.6) is 0 Å². The van der Waals surface area contributed by atoms with Crippen LogP contribution in [0.2, 0.25) is 5.02 Å². The summed E-state index contributed by atoms with van der Waals surface area (Å²) < 4.78 is 17.4. The normalized spacial score (nSPS) is 9.77. The predicted octanol–water partition coefficient (Wildman–Crippen LogP) is 1.85. The lowest BCUT2D eigenvalue weighted by Gasteiger charge is -2.04. The first kappa shape index (κ1) is 9.80. The fraction of sp³-hybridized carbons (Fsp3) is 0.125. The SMILES string of the molecule is COC(=O)c1c(F)cc(N)cc1Cl. The zero-order valence-corrected chi connectivity index (χ0v) is 7.56. The number of nitrogens with two attached hydrogens (primary N) is 1. The van der Waals surface area contributed by atoms with E-state index in [0.717, 1.165) is 13.2 Å². The molecule has 0 aliphatic heterocycles. The number of hydrogen-bond acceptors (Lipinski definition) is 3. The lowest BCUT2D eigenvalue weighted by Crippen LogP contribution is -2.06. The van der Waals surface area contributed by atoms with E-state index >= 15 is 0 Å². The molecule has 13 heavy (non-hydrogen) atoms. The van der Waals surface area contributed by atoms with Crippen LogP contribution in [0.15, 0.2) is 12.1 Å². The zero-order chi connectivity index (χ0) is 10.0. The number of nitrogen functional groups attached to an aromatic ring is 1. The fourth-order valence-electron chi connectivity index (χ4n) is 0.890. The van der Waals surface area contributed by atoms with Gasteiger partial charge in [-0.25, -0.2) is 9.18 Å². The third-order valence-electron chi connectivity index (χ3n) is 1.45. The Morgan fingerprint density at radius 1 is 1.62 bits per heavy atom. The molecule has 2 N–H and O–H groups in total. The van der Waals surface area contributed by atoms with Crippen molar-refractivity contribution in [2.24, 2.45) is 0 Å². The van der Waals surface area contributed by atoms with Crippen molar-refractivity contribution in [1.82, 2.24) is 0 Å². The Kier molecular flexibility index (Phi) is 2.72. The van der Waals surface area contributed by atoms with Gasteiger partial charge >= 0.3 is 5.97 Å². The predicted molar refractivity (Wildman–Crippen MR) is 47.2 cm³/mol. The van der Waals surface area contributed by atoms with Gasteiger partial charge in [-0.1, -0.05) is 11.6 Å². The van der Waals surface area contributed by atoms with Crippen LogP contribution in [0.25, 0.3) is 0 Å². The number of rotatable bonds is 1. The molecule has 1 aromatic carbocycles. The number of carbonyl (C=O) groups is 1. The molecule has 0 spiro atoms. The van der Waals surface area contributed by atoms with Crippen molar-refractivity contribution in [3.8, 4) is 0 Å². The van der Waals surface area contributed by atoms with Crippen LogP contribution in [0.4, 0.5) is 10.1 Å². The summed E-state index contributed by atoms with van der Waals surface area (Å²) in [6.45, 7) is 0. The first-order valence-electron chi connectivity index (χ1n) is 3.39. The van der Waals surface area contributed by atoms with Crippen LogP contribution in [-0.2, 0) is 4.74 Å². The van der Waals surface area contributed by atoms with Crippen molar-refractivity contribution >= 4 is 23.3 Å². The molecule has 0 aliphatic carbocycles. The maximum atomic E-state index is 13.1. The Balaban J connectivity index is 3.28. The molecule has 0 atom stereocenters. The Bertz CT molecular complexity index is 331. The minimum atomic E-state index is -0.817. The van der Waals surface area contributed by atoms with Crippen molar-refractivity contribution in [1.29, 1.82) is 0 Å². The molecule has 0 aliphatic rings. The van der Waals surface area contributed by atoms with E-state index in [1.54, 1.807) is 0 Å². The van der Waals surface area contributed by atoms with E-state index in [1.807, 2.05) is 0 Å². The van der Waals surface area contributed by atoms with Crippen LogP contribution in [0.3, 0.4) is 0 Å². The molecule has 3 nitrogen and oxygen atoms in total. The summed E-state index contributed by atoms with van der Waals surface area (Å²) in [5, 5.41) is -0.0515. The molecule has 0 fully saturated rings. The molecular formula is C8H7ClFNO2. The number of esters is 1. The van der Waals surface area contributed by atoms with Crippen LogP contribution in [0, 0.1) is 5.82 Å². The summed E-state index contributed by atoms with van der Waals surface area (Å²) in [6, 6.07) is 2.30. The quantitative estimate of drug-likeness (QED) is 0.560. The van der Waals surface area contributed by atoms with Gasteiger partial charge in [-0.05, 0) is 12.1 Å². The average molecular weight is 204 g/mol. The summed E-state index contributed by atoms with van der Waals surface area (Å²) in [5.41, 5.74) is 5.16. The van der Waals surface area contributed by atoms with Crippen molar-refractivity contribution in [2.75, 3.05) is 12.8 Å². The second-order valence-electron chi connectivity index (χ2n) is 2.35.